The summed E-state index contributed by atoms with van der Waals surface area (Å²) in [4.78, 5) is 4.37. The van der Waals surface area contributed by atoms with Crippen LogP contribution in [0.2, 0.25) is 0 Å². The monoisotopic (exact) mass is 418 g/mol. The van der Waals surface area contributed by atoms with Crippen molar-refractivity contribution in [2.24, 2.45) is 0 Å². The van der Waals surface area contributed by atoms with Gasteiger partial charge >= 0.3 is 6.18 Å². The summed E-state index contributed by atoms with van der Waals surface area (Å²) >= 11 is 8.00. The van der Waals surface area contributed by atoms with Crippen LogP contribution in [0.1, 0.15) is 5.82 Å². The van der Waals surface area contributed by atoms with Crippen LogP contribution in [-0.4, -0.2) is 28.9 Å². The van der Waals surface area contributed by atoms with Crippen molar-refractivity contribution in [1.29, 1.82) is 0 Å². The van der Waals surface area contributed by atoms with Gasteiger partial charge in [-0.05, 0) is 40.8 Å². The average molecular weight is 419 g/mol. The second-order valence-corrected chi connectivity index (χ2v) is 5.63. The van der Waals surface area contributed by atoms with Gasteiger partial charge in [-0.2, -0.15) is 13.2 Å². The molecule has 0 saturated carbocycles. The van der Waals surface area contributed by atoms with Crippen molar-refractivity contribution in [3.8, 4) is 0 Å². The fourth-order valence-electron chi connectivity index (χ4n) is 1.85. The molecule has 110 valence electrons. The van der Waals surface area contributed by atoms with E-state index in [-0.39, 0.29) is 19.0 Å². The number of fused-ring (bicyclic) bond motifs is 1. The second kappa shape index (κ2) is 6.48. The number of imidazole rings is 1. The highest BCUT2D eigenvalue weighted by Gasteiger charge is 2.27. The van der Waals surface area contributed by atoms with Gasteiger partial charge in [0.25, 0.3) is 0 Å². The molecule has 0 unspecified atom stereocenters. The predicted octanol–water partition coefficient (Wildman–Crippen LogP) is 3.96. The maximum absolute atomic E-state index is 12.0. The first-order valence-corrected chi connectivity index (χ1v) is 7.37. The first kappa shape index (κ1) is 15.8. The Morgan fingerprint density at radius 2 is 2.10 bits per heavy atom. The van der Waals surface area contributed by atoms with E-state index in [0.29, 0.717) is 5.82 Å². The van der Waals surface area contributed by atoms with Crippen LogP contribution in [0.4, 0.5) is 13.2 Å². The van der Waals surface area contributed by atoms with Gasteiger partial charge in [-0.25, -0.2) is 4.98 Å². The number of rotatable bonds is 5. The second-order valence-electron chi connectivity index (χ2n) is 4.11. The topological polar surface area (TPSA) is 27.1 Å². The van der Waals surface area contributed by atoms with Gasteiger partial charge in [0.15, 0.2) is 0 Å². The van der Waals surface area contributed by atoms with Gasteiger partial charge in [0.05, 0.1) is 23.5 Å². The minimum absolute atomic E-state index is 0.0408. The first-order valence-electron chi connectivity index (χ1n) is 5.76. The first-order chi connectivity index (χ1) is 9.40. The van der Waals surface area contributed by atoms with Crippen LogP contribution in [0.15, 0.2) is 18.2 Å². The largest absolute Gasteiger partial charge is 0.411 e. The van der Waals surface area contributed by atoms with Gasteiger partial charge in [0, 0.05) is 10.1 Å². The lowest BCUT2D eigenvalue weighted by atomic mass is 10.3. The van der Waals surface area contributed by atoms with E-state index in [2.05, 4.69) is 32.3 Å². The van der Waals surface area contributed by atoms with Crippen molar-refractivity contribution in [3.05, 3.63) is 27.6 Å². The normalized spacial score (nSPS) is 12.2. The van der Waals surface area contributed by atoms with E-state index in [4.69, 9.17) is 11.6 Å². The Bertz CT molecular complexity index is 600. The third kappa shape index (κ3) is 3.98. The molecule has 8 heteroatoms. The predicted molar refractivity (Wildman–Crippen MR) is 78.9 cm³/mol. The van der Waals surface area contributed by atoms with E-state index in [0.717, 1.165) is 14.6 Å². The van der Waals surface area contributed by atoms with E-state index >= 15 is 0 Å². The van der Waals surface area contributed by atoms with Crippen molar-refractivity contribution in [2.45, 2.75) is 18.6 Å². The van der Waals surface area contributed by atoms with Crippen LogP contribution in [0.5, 0.6) is 0 Å². The van der Waals surface area contributed by atoms with Gasteiger partial charge in [0.1, 0.15) is 12.4 Å². The molecule has 0 fully saturated rings. The summed E-state index contributed by atoms with van der Waals surface area (Å²) in [6, 6.07) is 5.69. The number of hydrogen-bond acceptors (Lipinski definition) is 2. The summed E-state index contributed by atoms with van der Waals surface area (Å²) in [7, 11) is 0. The van der Waals surface area contributed by atoms with Crippen LogP contribution in [0.3, 0.4) is 0 Å². The summed E-state index contributed by atoms with van der Waals surface area (Å²) in [5.41, 5.74) is 1.63. The summed E-state index contributed by atoms with van der Waals surface area (Å²) in [6.07, 6.45) is -4.30. The van der Waals surface area contributed by atoms with E-state index < -0.39 is 12.8 Å². The molecule has 0 atom stereocenters. The Morgan fingerprint density at radius 1 is 1.35 bits per heavy atom. The molecular weight excluding hydrogens is 407 g/mol. The fourth-order valence-corrected chi connectivity index (χ4v) is 2.53. The molecular formula is C12H11ClF3IN2O. The molecule has 1 aromatic carbocycles. The van der Waals surface area contributed by atoms with Gasteiger partial charge in [-0.15, -0.1) is 11.6 Å². The molecule has 0 aliphatic rings. The molecule has 20 heavy (non-hydrogen) atoms. The maximum atomic E-state index is 12.0. The molecule has 3 nitrogen and oxygen atoms in total. The van der Waals surface area contributed by atoms with Gasteiger partial charge in [0.2, 0.25) is 0 Å². The number of alkyl halides is 4. The lowest BCUT2D eigenvalue weighted by Gasteiger charge is -2.10. The summed E-state index contributed by atoms with van der Waals surface area (Å²) in [5, 5.41) is 0. The Morgan fingerprint density at radius 3 is 2.75 bits per heavy atom. The number of aromatic nitrogens is 2. The molecule has 0 spiro atoms. The highest BCUT2D eigenvalue weighted by atomic mass is 127. The molecule has 0 saturated heterocycles. The zero-order chi connectivity index (χ0) is 14.8. The smallest absolute Gasteiger partial charge is 0.370 e. The molecule has 2 aromatic rings. The zero-order valence-electron chi connectivity index (χ0n) is 10.3. The van der Waals surface area contributed by atoms with Gasteiger partial charge in [-0.3, -0.25) is 0 Å². The van der Waals surface area contributed by atoms with Crippen molar-refractivity contribution in [3.63, 3.8) is 0 Å². The summed E-state index contributed by atoms with van der Waals surface area (Å²) in [6.45, 7) is -0.996. The summed E-state index contributed by atoms with van der Waals surface area (Å²) in [5.74, 6) is 0.823. The molecule has 0 aliphatic carbocycles. The van der Waals surface area contributed by atoms with Crippen molar-refractivity contribution < 1.29 is 17.9 Å². The quantitative estimate of drug-likeness (QED) is 0.418. The molecule has 0 radical (unpaired) electrons. The molecule has 0 N–H and O–H groups in total. The minimum Gasteiger partial charge on any atom is -0.370 e. The SMILES string of the molecule is FC(F)(F)COCCn1c(CCl)nc2cc(I)ccc21. The molecule has 1 heterocycles. The number of nitrogens with zero attached hydrogens (tertiary/aromatic N) is 2. The zero-order valence-corrected chi connectivity index (χ0v) is 13.2. The Balaban J connectivity index is 2.12. The van der Waals surface area contributed by atoms with E-state index in [9.17, 15) is 13.2 Å². The van der Waals surface area contributed by atoms with Crippen molar-refractivity contribution in [1.82, 2.24) is 9.55 Å². The van der Waals surface area contributed by atoms with E-state index in [1.807, 2.05) is 18.2 Å². The molecule has 0 aliphatic heterocycles. The van der Waals surface area contributed by atoms with Crippen LogP contribution in [0.25, 0.3) is 11.0 Å². The van der Waals surface area contributed by atoms with E-state index in [1.165, 1.54) is 0 Å². The molecule has 0 amide bonds. The van der Waals surface area contributed by atoms with Gasteiger partial charge in [-0.1, -0.05) is 0 Å². The molecule has 0 bridgehead atoms. The number of ether oxygens (including phenoxy) is 1. The van der Waals surface area contributed by atoms with Crippen LogP contribution in [-0.2, 0) is 17.2 Å². The Labute approximate surface area is 132 Å². The molecule has 2 rings (SSSR count). The van der Waals surface area contributed by atoms with Crippen LogP contribution < -0.4 is 0 Å². The van der Waals surface area contributed by atoms with Crippen LogP contribution in [0, 0.1) is 3.57 Å². The minimum atomic E-state index is -4.30. The van der Waals surface area contributed by atoms with Crippen molar-refractivity contribution >= 4 is 45.2 Å². The third-order valence-corrected chi connectivity index (χ3v) is 3.54. The van der Waals surface area contributed by atoms with Crippen LogP contribution >= 0.6 is 34.2 Å². The fraction of sp³-hybridized carbons (Fsp3) is 0.417. The molecule has 1 aromatic heterocycles. The van der Waals surface area contributed by atoms with E-state index in [1.54, 1.807) is 4.57 Å². The highest BCUT2D eigenvalue weighted by molar-refractivity contribution is 14.1. The lowest BCUT2D eigenvalue weighted by molar-refractivity contribution is -0.174. The lowest BCUT2D eigenvalue weighted by Crippen LogP contribution is -2.19. The standard InChI is InChI=1S/C12H11ClF3IN2O/c13-6-11-18-9-5-8(17)1-2-10(9)19(11)3-4-20-7-12(14,15)16/h1-2,5H,3-4,6-7H2. The number of benzene rings is 1. The summed E-state index contributed by atoms with van der Waals surface area (Å²) < 4.78 is 43.4. The Kier molecular flexibility index (Phi) is 5.14. The Hall–Kier alpha value is -0.540. The third-order valence-electron chi connectivity index (χ3n) is 2.63. The maximum Gasteiger partial charge on any atom is 0.411 e. The number of halogens is 5. The number of hydrogen-bond donors (Lipinski definition) is 0. The van der Waals surface area contributed by atoms with Gasteiger partial charge < -0.3 is 9.30 Å². The highest BCUT2D eigenvalue weighted by Crippen LogP contribution is 2.20. The average Bonchev–Trinajstić information content (AvgIpc) is 2.70. The van der Waals surface area contributed by atoms with Crippen molar-refractivity contribution in [2.75, 3.05) is 13.2 Å².